The first-order valence-corrected chi connectivity index (χ1v) is 9.07. The van der Waals surface area contributed by atoms with Gasteiger partial charge in [-0.2, -0.15) is 10.5 Å². The second-order valence-corrected chi connectivity index (χ2v) is 6.72. The average molecular weight is 368 g/mol. The summed E-state index contributed by atoms with van der Waals surface area (Å²) in [4.78, 5) is 12.4. The predicted octanol–water partition coefficient (Wildman–Crippen LogP) is 4.56. The van der Waals surface area contributed by atoms with Crippen molar-refractivity contribution in [1.29, 1.82) is 10.5 Å². The molecule has 0 aromatic heterocycles. The summed E-state index contributed by atoms with van der Waals surface area (Å²) in [5.41, 5.74) is 4.00. The zero-order valence-corrected chi connectivity index (χ0v) is 15.7. The van der Waals surface area contributed by atoms with Gasteiger partial charge in [-0.25, -0.2) is 4.79 Å². The van der Waals surface area contributed by atoms with Crippen LogP contribution in [0.4, 0.5) is 0 Å². The Morgan fingerprint density at radius 2 is 1.75 bits per heavy atom. The summed E-state index contributed by atoms with van der Waals surface area (Å²) >= 11 is 0. The average Bonchev–Trinajstić information content (AvgIpc) is 2.75. The van der Waals surface area contributed by atoms with Gasteiger partial charge in [-0.3, -0.25) is 0 Å². The third-order valence-corrected chi connectivity index (χ3v) is 5.28. The van der Waals surface area contributed by atoms with Gasteiger partial charge in [0.15, 0.2) is 0 Å². The zero-order chi connectivity index (χ0) is 20.1. The molecule has 138 valence electrons. The normalized spacial score (nSPS) is 16.1. The van der Waals surface area contributed by atoms with Crippen LogP contribution in [0.2, 0.25) is 0 Å². The number of benzene rings is 2. The van der Waals surface area contributed by atoms with Gasteiger partial charge in [-0.1, -0.05) is 61.2 Å². The van der Waals surface area contributed by atoms with Crippen LogP contribution in [-0.2, 0) is 16.0 Å². The van der Waals surface area contributed by atoms with Crippen LogP contribution in [0.25, 0.3) is 5.57 Å². The van der Waals surface area contributed by atoms with Crippen molar-refractivity contribution in [3.63, 3.8) is 0 Å². The molecule has 1 aliphatic rings. The van der Waals surface area contributed by atoms with Crippen LogP contribution in [0.15, 0.2) is 72.3 Å². The summed E-state index contributed by atoms with van der Waals surface area (Å²) in [6.45, 7) is 4.02. The summed E-state index contributed by atoms with van der Waals surface area (Å²) in [6, 6.07) is 21.5. The van der Waals surface area contributed by atoms with Crippen molar-refractivity contribution < 1.29 is 9.53 Å². The maximum absolute atomic E-state index is 12.4. The highest BCUT2D eigenvalue weighted by Crippen LogP contribution is 2.47. The van der Waals surface area contributed by atoms with E-state index in [-0.39, 0.29) is 17.4 Å². The molecule has 4 heteroatoms. The molecule has 0 saturated carbocycles. The van der Waals surface area contributed by atoms with E-state index in [0.29, 0.717) is 17.6 Å². The van der Waals surface area contributed by atoms with Gasteiger partial charge in [0, 0.05) is 11.5 Å². The van der Waals surface area contributed by atoms with Crippen LogP contribution in [0, 0.1) is 28.6 Å². The lowest BCUT2D eigenvalue weighted by Gasteiger charge is -2.35. The van der Waals surface area contributed by atoms with E-state index in [1.54, 1.807) is 0 Å². The highest BCUT2D eigenvalue weighted by Gasteiger charge is 2.37. The third-order valence-electron chi connectivity index (χ3n) is 5.28. The van der Waals surface area contributed by atoms with Crippen LogP contribution in [0.3, 0.4) is 0 Å². The van der Waals surface area contributed by atoms with Crippen molar-refractivity contribution in [3.8, 4) is 12.1 Å². The number of methoxy groups -OCH3 is 1. The molecule has 3 rings (SSSR count). The lowest BCUT2D eigenvalue weighted by molar-refractivity contribution is -0.136. The minimum atomic E-state index is -0.484. The maximum Gasteiger partial charge on any atom is 0.333 e. The van der Waals surface area contributed by atoms with E-state index in [4.69, 9.17) is 4.74 Å². The Morgan fingerprint density at radius 3 is 2.39 bits per heavy atom. The molecule has 0 radical (unpaired) electrons. The maximum atomic E-state index is 12.4. The van der Waals surface area contributed by atoms with Gasteiger partial charge in [0.05, 0.1) is 7.11 Å². The molecule has 0 bridgehead atoms. The monoisotopic (exact) mass is 368 g/mol. The Bertz CT molecular complexity index is 1010. The number of carbonyl (C=O) groups excluding carboxylic acids is 1. The van der Waals surface area contributed by atoms with Gasteiger partial charge in [0.2, 0.25) is 0 Å². The molecule has 0 heterocycles. The van der Waals surface area contributed by atoms with Crippen LogP contribution in [-0.4, -0.2) is 13.1 Å². The fourth-order valence-electron chi connectivity index (χ4n) is 4.05. The molecule has 1 aliphatic carbocycles. The van der Waals surface area contributed by atoms with Crippen molar-refractivity contribution in [2.75, 3.05) is 7.11 Å². The minimum absolute atomic E-state index is 0.0794. The minimum Gasteiger partial charge on any atom is -0.466 e. The van der Waals surface area contributed by atoms with Gasteiger partial charge in [0.1, 0.15) is 17.7 Å². The standard InChI is InChI=1S/C24H20N2O2/c1-16(24(27)28-2)22(18-9-4-3-5-10-18)21-13-12-17-8-6-7-11-20(17)23(21)19(14-25)15-26/h3-11,21-22H,1,12-13H2,2H3/t21-,22-/m0/s1. The Hall–Kier alpha value is -3.63. The first-order chi connectivity index (χ1) is 13.6. The van der Waals surface area contributed by atoms with E-state index in [1.807, 2.05) is 54.6 Å². The zero-order valence-electron chi connectivity index (χ0n) is 15.7. The van der Waals surface area contributed by atoms with Crippen molar-refractivity contribution in [1.82, 2.24) is 0 Å². The van der Waals surface area contributed by atoms with Crippen molar-refractivity contribution in [2.45, 2.75) is 18.8 Å². The SMILES string of the molecule is C=C(C(=O)OC)[C@@H](c1ccccc1)[C@@H]1CCc2ccccc2C1=C(C#N)C#N. The van der Waals surface area contributed by atoms with Gasteiger partial charge < -0.3 is 4.74 Å². The van der Waals surface area contributed by atoms with E-state index < -0.39 is 5.97 Å². The second kappa shape index (κ2) is 8.37. The van der Waals surface area contributed by atoms with Crippen molar-refractivity contribution in [3.05, 3.63) is 89.0 Å². The number of nitrogens with zero attached hydrogens (tertiary/aromatic N) is 2. The Labute approximate surface area is 165 Å². The molecule has 0 amide bonds. The number of rotatable bonds is 4. The summed E-state index contributed by atoms with van der Waals surface area (Å²) in [6.07, 6.45) is 1.50. The smallest absolute Gasteiger partial charge is 0.333 e. The summed E-state index contributed by atoms with van der Waals surface area (Å²) in [5, 5.41) is 19.2. The number of carbonyl (C=O) groups is 1. The number of nitriles is 2. The van der Waals surface area contributed by atoms with E-state index in [2.05, 4.69) is 18.7 Å². The molecule has 2 atom stereocenters. The van der Waals surface area contributed by atoms with Crippen molar-refractivity contribution in [2.24, 2.45) is 5.92 Å². The van der Waals surface area contributed by atoms with Crippen molar-refractivity contribution >= 4 is 11.5 Å². The van der Waals surface area contributed by atoms with E-state index >= 15 is 0 Å². The molecule has 0 unspecified atom stereocenters. The molecule has 28 heavy (non-hydrogen) atoms. The first kappa shape index (κ1) is 19.1. The van der Waals surface area contributed by atoms with E-state index in [1.165, 1.54) is 7.11 Å². The lowest BCUT2D eigenvalue weighted by Crippen LogP contribution is -2.25. The van der Waals surface area contributed by atoms with Gasteiger partial charge in [-0.05, 0) is 41.0 Å². The van der Waals surface area contributed by atoms with Gasteiger partial charge in [0.25, 0.3) is 0 Å². The molecule has 0 spiro atoms. The summed E-state index contributed by atoms with van der Waals surface area (Å²) in [7, 11) is 1.33. The largest absolute Gasteiger partial charge is 0.466 e. The molecule has 0 N–H and O–H groups in total. The number of fused-ring (bicyclic) bond motifs is 1. The molecule has 2 aromatic carbocycles. The molecule has 2 aromatic rings. The Morgan fingerprint density at radius 1 is 1.11 bits per heavy atom. The van der Waals surface area contributed by atoms with Crippen LogP contribution in [0.5, 0.6) is 0 Å². The molecular formula is C24H20N2O2. The predicted molar refractivity (Wildman–Crippen MR) is 107 cm³/mol. The number of aryl methyl sites for hydroxylation is 1. The lowest BCUT2D eigenvalue weighted by atomic mass is 9.68. The number of esters is 1. The molecule has 4 nitrogen and oxygen atoms in total. The second-order valence-electron chi connectivity index (χ2n) is 6.72. The highest BCUT2D eigenvalue weighted by molar-refractivity contribution is 5.91. The van der Waals surface area contributed by atoms with Gasteiger partial charge >= 0.3 is 5.97 Å². The highest BCUT2D eigenvalue weighted by atomic mass is 16.5. The quantitative estimate of drug-likeness (QED) is 0.450. The van der Waals surface area contributed by atoms with Gasteiger partial charge in [-0.15, -0.1) is 0 Å². The molecule has 0 aliphatic heterocycles. The van der Waals surface area contributed by atoms with E-state index in [9.17, 15) is 15.3 Å². The molecule has 0 saturated heterocycles. The number of allylic oxidation sites excluding steroid dienone is 2. The Balaban J connectivity index is 2.23. The van der Waals surface area contributed by atoms with Crippen LogP contribution >= 0.6 is 0 Å². The number of ether oxygens (including phenoxy) is 1. The molecular weight excluding hydrogens is 348 g/mol. The fraction of sp³-hybridized carbons (Fsp3) is 0.208. The number of hydrogen-bond donors (Lipinski definition) is 0. The summed E-state index contributed by atoms with van der Waals surface area (Å²) in [5.74, 6) is -1.09. The van der Waals surface area contributed by atoms with Crippen LogP contribution < -0.4 is 0 Å². The Kier molecular flexibility index (Phi) is 5.72. The summed E-state index contributed by atoms with van der Waals surface area (Å²) < 4.78 is 4.94. The first-order valence-electron chi connectivity index (χ1n) is 9.07. The fourth-order valence-corrected chi connectivity index (χ4v) is 4.05. The topological polar surface area (TPSA) is 73.9 Å². The third kappa shape index (κ3) is 3.46. The van der Waals surface area contributed by atoms with Crippen LogP contribution in [0.1, 0.15) is 29.0 Å². The molecule has 0 fully saturated rings. The number of hydrogen-bond acceptors (Lipinski definition) is 4. The van der Waals surface area contributed by atoms with E-state index in [0.717, 1.165) is 23.1 Å².